The van der Waals surface area contributed by atoms with Gasteiger partial charge in [-0.05, 0) is 13.8 Å². The highest BCUT2D eigenvalue weighted by atomic mass is 35.5. The standard InChI is InChI=1S/C8H17Cl2NO/c1-3-12-5-4-11-8(2,6-9)7-10/h11H,3-7H2,1-2H3. The zero-order valence-corrected chi connectivity index (χ0v) is 9.21. The molecule has 0 unspecified atom stereocenters. The van der Waals surface area contributed by atoms with Crippen LogP contribution < -0.4 is 5.32 Å². The number of hydrogen-bond acceptors (Lipinski definition) is 2. The normalized spacial score (nSPS) is 12.0. The maximum atomic E-state index is 5.73. The maximum Gasteiger partial charge on any atom is 0.0590 e. The minimum atomic E-state index is -0.166. The first kappa shape index (κ1) is 12.5. The highest BCUT2D eigenvalue weighted by Crippen LogP contribution is 2.07. The first-order valence-corrected chi connectivity index (χ1v) is 5.20. The van der Waals surface area contributed by atoms with Crippen molar-refractivity contribution in [3.05, 3.63) is 0 Å². The largest absolute Gasteiger partial charge is 0.380 e. The van der Waals surface area contributed by atoms with Gasteiger partial charge in [0, 0.05) is 30.5 Å². The summed E-state index contributed by atoms with van der Waals surface area (Å²) in [4.78, 5) is 0. The van der Waals surface area contributed by atoms with E-state index in [9.17, 15) is 0 Å². The first-order chi connectivity index (χ1) is 5.68. The summed E-state index contributed by atoms with van der Waals surface area (Å²) in [6.07, 6.45) is 0. The van der Waals surface area contributed by atoms with Gasteiger partial charge in [0.05, 0.1) is 6.61 Å². The van der Waals surface area contributed by atoms with Gasteiger partial charge >= 0.3 is 0 Å². The predicted octanol–water partition coefficient (Wildman–Crippen LogP) is 1.85. The lowest BCUT2D eigenvalue weighted by Crippen LogP contribution is -2.47. The summed E-state index contributed by atoms with van der Waals surface area (Å²) in [6.45, 7) is 6.23. The van der Waals surface area contributed by atoms with Crippen LogP contribution in [0.5, 0.6) is 0 Å². The van der Waals surface area contributed by atoms with Crippen molar-refractivity contribution in [1.82, 2.24) is 5.32 Å². The molecule has 0 bridgehead atoms. The van der Waals surface area contributed by atoms with Crippen LogP contribution in [0.2, 0.25) is 0 Å². The Morgan fingerprint density at radius 3 is 2.33 bits per heavy atom. The molecule has 0 aliphatic carbocycles. The third kappa shape index (κ3) is 5.20. The van der Waals surface area contributed by atoms with E-state index >= 15 is 0 Å². The van der Waals surface area contributed by atoms with Crippen LogP contribution >= 0.6 is 23.2 Å². The molecule has 0 aliphatic rings. The number of rotatable bonds is 7. The number of halogens is 2. The second-order valence-corrected chi connectivity index (χ2v) is 3.49. The van der Waals surface area contributed by atoms with E-state index in [-0.39, 0.29) is 5.54 Å². The molecule has 4 heteroatoms. The quantitative estimate of drug-likeness (QED) is 0.515. The molecule has 0 saturated carbocycles. The molecule has 0 aliphatic heterocycles. The highest BCUT2D eigenvalue weighted by Gasteiger charge is 2.20. The van der Waals surface area contributed by atoms with Crippen molar-refractivity contribution in [3.63, 3.8) is 0 Å². The Balaban J connectivity index is 3.45. The van der Waals surface area contributed by atoms with E-state index in [1.807, 2.05) is 13.8 Å². The Labute approximate surface area is 84.6 Å². The van der Waals surface area contributed by atoms with E-state index in [4.69, 9.17) is 27.9 Å². The third-order valence-corrected chi connectivity index (χ3v) is 2.77. The minimum absolute atomic E-state index is 0.166. The Morgan fingerprint density at radius 1 is 1.33 bits per heavy atom. The molecule has 0 aromatic rings. The van der Waals surface area contributed by atoms with Gasteiger partial charge in [0.1, 0.15) is 0 Å². The summed E-state index contributed by atoms with van der Waals surface area (Å²) in [5.41, 5.74) is -0.166. The molecule has 0 heterocycles. The Bertz CT molecular complexity index is 107. The molecule has 0 fully saturated rings. The van der Waals surface area contributed by atoms with Gasteiger partial charge in [0.2, 0.25) is 0 Å². The zero-order valence-electron chi connectivity index (χ0n) is 7.70. The molecule has 0 spiro atoms. The second kappa shape index (κ2) is 6.96. The van der Waals surface area contributed by atoms with Crippen molar-refractivity contribution in [2.24, 2.45) is 0 Å². The van der Waals surface area contributed by atoms with Crippen molar-refractivity contribution >= 4 is 23.2 Å². The van der Waals surface area contributed by atoms with Gasteiger partial charge in [-0.1, -0.05) is 0 Å². The van der Waals surface area contributed by atoms with Crippen molar-refractivity contribution in [2.45, 2.75) is 19.4 Å². The molecule has 0 radical (unpaired) electrons. The summed E-state index contributed by atoms with van der Waals surface area (Å²) in [6, 6.07) is 0. The molecule has 74 valence electrons. The molecule has 2 nitrogen and oxygen atoms in total. The fourth-order valence-electron chi connectivity index (χ4n) is 0.700. The van der Waals surface area contributed by atoms with Crippen molar-refractivity contribution in [2.75, 3.05) is 31.5 Å². The molecule has 0 atom stereocenters. The molecular formula is C8H17Cl2NO. The fraction of sp³-hybridized carbons (Fsp3) is 1.00. The Kier molecular flexibility index (Phi) is 7.25. The molecule has 0 amide bonds. The van der Waals surface area contributed by atoms with E-state index in [1.165, 1.54) is 0 Å². The molecule has 0 rings (SSSR count). The van der Waals surface area contributed by atoms with Gasteiger partial charge < -0.3 is 10.1 Å². The number of ether oxygens (including phenoxy) is 1. The molecule has 0 aromatic heterocycles. The van der Waals surface area contributed by atoms with Crippen LogP contribution in [-0.4, -0.2) is 37.1 Å². The van der Waals surface area contributed by atoms with Crippen LogP contribution in [0.3, 0.4) is 0 Å². The maximum absolute atomic E-state index is 5.73. The van der Waals surface area contributed by atoms with Crippen LogP contribution in [0, 0.1) is 0 Å². The lowest BCUT2D eigenvalue weighted by Gasteiger charge is -2.25. The molecule has 12 heavy (non-hydrogen) atoms. The molecule has 0 saturated heterocycles. The average molecular weight is 214 g/mol. The van der Waals surface area contributed by atoms with Crippen molar-refractivity contribution < 1.29 is 4.74 Å². The Morgan fingerprint density at radius 2 is 1.92 bits per heavy atom. The zero-order chi connectivity index (χ0) is 9.45. The van der Waals surface area contributed by atoms with Crippen LogP contribution in [0.15, 0.2) is 0 Å². The summed E-state index contributed by atoms with van der Waals surface area (Å²) in [5, 5.41) is 3.24. The minimum Gasteiger partial charge on any atom is -0.380 e. The average Bonchev–Trinajstić information content (AvgIpc) is 2.12. The predicted molar refractivity (Wildman–Crippen MR) is 54.3 cm³/mol. The van der Waals surface area contributed by atoms with Gasteiger partial charge in [-0.2, -0.15) is 0 Å². The van der Waals surface area contributed by atoms with Gasteiger partial charge in [-0.25, -0.2) is 0 Å². The number of nitrogens with one attached hydrogen (secondary N) is 1. The summed E-state index contributed by atoms with van der Waals surface area (Å²) >= 11 is 11.5. The van der Waals surface area contributed by atoms with Crippen molar-refractivity contribution in [3.8, 4) is 0 Å². The van der Waals surface area contributed by atoms with E-state index in [0.717, 1.165) is 13.2 Å². The van der Waals surface area contributed by atoms with Gasteiger partial charge in [-0.15, -0.1) is 23.2 Å². The van der Waals surface area contributed by atoms with Crippen LogP contribution in [0.25, 0.3) is 0 Å². The van der Waals surface area contributed by atoms with Crippen LogP contribution in [-0.2, 0) is 4.74 Å². The monoisotopic (exact) mass is 213 g/mol. The lowest BCUT2D eigenvalue weighted by molar-refractivity contribution is 0.144. The topological polar surface area (TPSA) is 21.3 Å². The first-order valence-electron chi connectivity index (χ1n) is 4.13. The van der Waals surface area contributed by atoms with E-state index in [2.05, 4.69) is 5.32 Å². The van der Waals surface area contributed by atoms with Gasteiger partial charge in [-0.3, -0.25) is 0 Å². The third-order valence-electron chi connectivity index (χ3n) is 1.59. The van der Waals surface area contributed by atoms with E-state index in [1.54, 1.807) is 0 Å². The van der Waals surface area contributed by atoms with E-state index < -0.39 is 0 Å². The van der Waals surface area contributed by atoms with Crippen molar-refractivity contribution in [1.29, 1.82) is 0 Å². The second-order valence-electron chi connectivity index (χ2n) is 2.95. The van der Waals surface area contributed by atoms with Crippen LogP contribution in [0.4, 0.5) is 0 Å². The summed E-state index contributed by atoms with van der Waals surface area (Å²) in [5.74, 6) is 1.03. The molecule has 0 aromatic carbocycles. The smallest absolute Gasteiger partial charge is 0.0590 e. The van der Waals surface area contributed by atoms with Gasteiger partial charge in [0.15, 0.2) is 0 Å². The molecular weight excluding hydrogens is 197 g/mol. The van der Waals surface area contributed by atoms with E-state index in [0.29, 0.717) is 18.4 Å². The number of hydrogen-bond donors (Lipinski definition) is 1. The summed E-state index contributed by atoms with van der Waals surface area (Å²) in [7, 11) is 0. The molecule has 1 N–H and O–H groups in total. The lowest BCUT2D eigenvalue weighted by atomic mass is 10.1. The van der Waals surface area contributed by atoms with Crippen LogP contribution in [0.1, 0.15) is 13.8 Å². The SMILES string of the molecule is CCOCCNC(C)(CCl)CCl. The summed E-state index contributed by atoms with van der Waals surface area (Å²) < 4.78 is 5.17. The fourth-order valence-corrected chi connectivity index (χ4v) is 1.17. The Hall–Kier alpha value is 0.500. The van der Waals surface area contributed by atoms with Gasteiger partial charge in [0.25, 0.3) is 0 Å². The number of alkyl halides is 2. The highest BCUT2D eigenvalue weighted by molar-refractivity contribution is 6.22.